The second kappa shape index (κ2) is 5.40. The van der Waals surface area contributed by atoms with Crippen LogP contribution in [-0.4, -0.2) is 32.8 Å². The lowest BCUT2D eigenvalue weighted by Crippen LogP contribution is -2.33. The van der Waals surface area contributed by atoms with Gasteiger partial charge in [-0.3, -0.25) is 0 Å². The zero-order valence-corrected chi connectivity index (χ0v) is 11.9. The van der Waals surface area contributed by atoms with Crippen molar-refractivity contribution in [1.29, 1.82) is 5.26 Å². The third kappa shape index (κ3) is 2.40. The van der Waals surface area contributed by atoms with Crippen LogP contribution in [0.2, 0.25) is 0 Å². The first-order valence-electron chi connectivity index (χ1n) is 7.00. The van der Waals surface area contributed by atoms with Crippen LogP contribution in [-0.2, 0) is 0 Å². The molecule has 2 aromatic rings. The lowest BCUT2D eigenvalue weighted by molar-refractivity contribution is 0.436. The molecule has 1 fully saturated rings. The molecule has 2 N–H and O–H groups in total. The normalized spacial score (nSPS) is 15.9. The Morgan fingerprint density at radius 3 is 2.76 bits per heavy atom. The maximum atomic E-state index is 9.40. The number of hydrogen-bond acceptors (Lipinski definition) is 6. The first-order valence-corrected chi connectivity index (χ1v) is 7.00. The largest absolute Gasteiger partial charge is 0.382 e. The van der Waals surface area contributed by atoms with Crippen molar-refractivity contribution in [2.75, 3.05) is 23.7 Å². The summed E-state index contributed by atoms with van der Waals surface area (Å²) in [6.07, 6.45) is 5.26. The third-order valence-electron chi connectivity index (χ3n) is 3.88. The summed E-state index contributed by atoms with van der Waals surface area (Å²) in [4.78, 5) is 10.1. The number of nitrogens with zero attached hydrogens (tertiary/aromatic N) is 6. The summed E-state index contributed by atoms with van der Waals surface area (Å²) in [7, 11) is 0. The van der Waals surface area contributed by atoms with Crippen LogP contribution < -0.4 is 10.6 Å². The number of nitrogen functional groups attached to an aromatic ring is 1. The van der Waals surface area contributed by atoms with Crippen LogP contribution in [0.25, 0.3) is 5.82 Å². The van der Waals surface area contributed by atoms with E-state index in [0.717, 1.165) is 25.9 Å². The predicted octanol–water partition coefficient (Wildman–Crippen LogP) is 1.35. The number of piperidine rings is 1. The van der Waals surface area contributed by atoms with Crippen molar-refractivity contribution in [3.05, 3.63) is 24.2 Å². The monoisotopic (exact) mass is 283 g/mol. The van der Waals surface area contributed by atoms with E-state index in [1.54, 1.807) is 12.3 Å². The second-order valence-electron chi connectivity index (χ2n) is 5.34. The van der Waals surface area contributed by atoms with Gasteiger partial charge < -0.3 is 10.6 Å². The number of aromatic nitrogens is 4. The van der Waals surface area contributed by atoms with E-state index in [4.69, 9.17) is 5.73 Å². The Hall–Kier alpha value is -2.62. The van der Waals surface area contributed by atoms with Gasteiger partial charge in [0, 0.05) is 25.4 Å². The van der Waals surface area contributed by atoms with E-state index < -0.39 is 0 Å². The highest BCUT2D eigenvalue weighted by Crippen LogP contribution is 2.29. The Balaban J connectivity index is 2.00. The van der Waals surface area contributed by atoms with Gasteiger partial charge in [0.2, 0.25) is 0 Å². The molecule has 1 aliphatic heterocycles. The van der Waals surface area contributed by atoms with Crippen molar-refractivity contribution in [3.8, 4) is 11.9 Å². The van der Waals surface area contributed by atoms with E-state index in [9.17, 15) is 5.26 Å². The molecule has 7 heteroatoms. The third-order valence-corrected chi connectivity index (χ3v) is 3.88. The first kappa shape index (κ1) is 13.4. The molecule has 2 aromatic heterocycles. The van der Waals surface area contributed by atoms with Gasteiger partial charge in [0.05, 0.1) is 0 Å². The molecule has 0 saturated carbocycles. The summed E-state index contributed by atoms with van der Waals surface area (Å²) in [6.45, 7) is 4.04. The molecule has 0 unspecified atom stereocenters. The van der Waals surface area contributed by atoms with E-state index in [0.29, 0.717) is 28.9 Å². The van der Waals surface area contributed by atoms with Gasteiger partial charge in [0.1, 0.15) is 23.8 Å². The van der Waals surface area contributed by atoms with Crippen LogP contribution in [0.4, 0.5) is 11.6 Å². The number of rotatable bonds is 2. The maximum Gasteiger partial charge on any atom is 0.171 e. The SMILES string of the molecule is CC1CCN(c2nn(-c3ccncn3)c(N)c2C#N)CC1. The quantitative estimate of drug-likeness (QED) is 0.893. The molecule has 0 amide bonds. The Bertz CT molecular complexity index is 663. The topological polar surface area (TPSA) is 96.7 Å². The van der Waals surface area contributed by atoms with E-state index in [2.05, 4.69) is 33.0 Å². The minimum absolute atomic E-state index is 0.324. The molecule has 1 saturated heterocycles. The zero-order valence-electron chi connectivity index (χ0n) is 11.9. The molecule has 0 aromatic carbocycles. The summed E-state index contributed by atoms with van der Waals surface area (Å²) < 4.78 is 1.51. The summed E-state index contributed by atoms with van der Waals surface area (Å²) in [5.41, 5.74) is 6.49. The van der Waals surface area contributed by atoms with Crippen molar-refractivity contribution < 1.29 is 0 Å². The summed E-state index contributed by atoms with van der Waals surface area (Å²) >= 11 is 0. The molecule has 3 heterocycles. The average molecular weight is 283 g/mol. The fraction of sp³-hybridized carbons (Fsp3) is 0.429. The lowest BCUT2D eigenvalue weighted by atomic mass is 9.99. The predicted molar refractivity (Wildman–Crippen MR) is 78.9 cm³/mol. The molecular weight excluding hydrogens is 266 g/mol. The van der Waals surface area contributed by atoms with E-state index >= 15 is 0 Å². The van der Waals surface area contributed by atoms with Gasteiger partial charge >= 0.3 is 0 Å². The van der Waals surface area contributed by atoms with Gasteiger partial charge in [-0.1, -0.05) is 6.92 Å². The second-order valence-corrected chi connectivity index (χ2v) is 5.34. The molecule has 3 rings (SSSR count). The number of nitriles is 1. The highest BCUT2D eigenvalue weighted by molar-refractivity contribution is 5.66. The molecule has 21 heavy (non-hydrogen) atoms. The molecular formula is C14H17N7. The van der Waals surface area contributed by atoms with E-state index in [1.165, 1.54) is 11.0 Å². The van der Waals surface area contributed by atoms with E-state index in [1.807, 2.05) is 0 Å². The Kier molecular flexibility index (Phi) is 3.44. The van der Waals surface area contributed by atoms with Gasteiger partial charge in [0.25, 0.3) is 0 Å². The molecule has 0 bridgehead atoms. The highest BCUT2D eigenvalue weighted by atomic mass is 15.4. The summed E-state index contributed by atoms with van der Waals surface area (Å²) in [5, 5.41) is 13.9. The molecule has 0 atom stereocenters. The van der Waals surface area contributed by atoms with Crippen LogP contribution in [0.1, 0.15) is 25.3 Å². The van der Waals surface area contributed by atoms with Crippen LogP contribution in [0.15, 0.2) is 18.6 Å². The van der Waals surface area contributed by atoms with Crippen LogP contribution in [0, 0.1) is 17.2 Å². The van der Waals surface area contributed by atoms with Gasteiger partial charge in [-0.2, -0.15) is 9.94 Å². The maximum absolute atomic E-state index is 9.40. The van der Waals surface area contributed by atoms with Crippen molar-refractivity contribution in [3.63, 3.8) is 0 Å². The zero-order chi connectivity index (χ0) is 14.8. The molecule has 108 valence electrons. The standard InChI is InChI=1S/C14H17N7/c1-10-3-6-20(7-4-10)14-11(8-15)13(16)21(19-14)12-2-5-17-9-18-12/h2,5,9-10H,3-4,6-7,16H2,1H3. The van der Waals surface area contributed by atoms with Gasteiger partial charge in [0.15, 0.2) is 11.6 Å². The first-order chi connectivity index (χ1) is 10.2. The smallest absolute Gasteiger partial charge is 0.171 e. The fourth-order valence-electron chi connectivity index (χ4n) is 2.55. The van der Waals surface area contributed by atoms with Gasteiger partial charge in [-0.15, -0.1) is 5.10 Å². The number of nitrogens with two attached hydrogens (primary N) is 1. The van der Waals surface area contributed by atoms with Gasteiger partial charge in [-0.25, -0.2) is 9.97 Å². The average Bonchev–Trinajstić information content (AvgIpc) is 2.85. The van der Waals surface area contributed by atoms with Crippen molar-refractivity contribution in [2.24, 2.45) is 5.92 Å². The van der Waals surface area contributed by atoms with Crippen LogP contribution in [0.3, 0.4) is 0 Å². The molecule has 0 spiro atoms. The molecule has 1 aliphatic rings. The van der Waals surface area contributed by atoms with Crippen LogP contribution in [0.5, 0.6) is 0 Å². The fourth-order valence-corrected chi connectivity index (χ4v) is 2.55. The Morgan fingerprint density at radius 2 is 2.14 bits per heavy atom. The van der Waals surface area contributed by atoms with Gasteiger partial charge in [-0.05, 0) is 18.8 Å². The molecule has 7 nitrogen and oxygen atoms in total. The number of anilines is 2. The lowest BCUT2D eigenvalue weighted by Gasteiger charge is -2.30. The Labute approximate surface area is 123 Å². The van der Waals surface area contributed by atoms with Crippen molar-refractivity contribution in [1.82, 2.24) is 19.7 Å². The van der Waals surface area contributed by atoms with Crippen LogP contribution >= 0.6 is 0 Å². The Morgan fingerprint density at radius 1 is 1.38 bits per heavy atom. The highest BCUT2D eigenvalue weighted by Gasteiger charge is 2.24. The van der Waals surface area contributed by atoms with E-state index in [-0.39, 0.29) is 0 Å². The van der Waals surface area contributed by atoms with Crippen molar-refractivity contribution in [2.45, 2.75) is 19.8 Å². The summed E-state index contributed by atoms with van der Waals surface area (Å²) in [6, 6.07) is 3.88. The molecule has 0 radical (unpaired) electrons. The minimum Gasteiger partial charge on any atom is -0.382 e. The molecule has 0 aliphatic carbocycles. The van der Waals surface area contributed by atoms with Crippen molar-refractivity contribution >= 4 is 11.6 Å². The number of hydrogen-bond donors (Lipinski definition) is 1. The minimum atomic E-state index is 0.324. The summed E-state index contributed by atoms with van der Waals surface area (Å²) in [5.74, 6) is 2.26.